The second kappa shape index (κ2) is 7.40. The minimum atomic E-state index is -1.52. The number of carbonyl (C=O) groups excluding carboxylic acids is 1. The Hall–Kier alpha value is -0.500. The zero-order chi connectivity index (χ0) is 17.4. The number of hydrogen-bond acceptors (Lipinski definition) is 9. The maximum Gasteiger partial charge on any atom is 0.337 e. The topological polar surface area (TPSA) is 135 Å². The molecule has 0 saturated carbocycles. The van der Waals surface area contributed by atoms with E-state index in [1.807, 2.05) is 0 Å². The lowest BCUT2D eigenvalue weighted by Crippen LogP contribution is -2.60. The first-order valence-corrected chi connectivity index (χ1v) is 8.81. The van der Waals surface area contributed by atoms with Gasteiger partial charge in [0.2, 0.25) is 6.29 Å². The van der Waals surface area contributed by atoms with Gasteiger partial charge in [-0.3, -0.25) is 0 Å². The highest BCUT2D eigenvalue weighted by molar-refractivity contribution is 14.1. The molecule has 0 aliphatic carbocycles. The van der Waals surface area contributed by atoms with Gasteiger partial charge in [0.05, 0.1) is 29.0 Å². The zero-order valence-corrected chi connectivity index (χ0v) is 14.7. The fraction of sp³-hybridized carbons (Fsp3) is 0.786. The summed E-state index contributed by atoms with van der Waals surface area (Å²) in [5, 5.41) is 38.8. The smallest absolute Gasteiger partial charge is 0.337 e. The number of ether oxygens (including phenoxy) is 4. The van der Waals surface area contributed by atoms with E-state index in [2.05, 4.69) is 22.6 Å². The van der Waals surface area contributed by atoms with Crippen molar-refractivity contribution in [3.05, 3.63) is 11.8 Å². The summed E-state index contributed by atoms with van der Waals surface area (Å²) < 4.78 is 21.1. The Morgan fingerprint density at radius 1 is 1.21 bits per heavy atom. The van der Waals surface area contributed by atoms with Gasteiger partial charge in [0.25, 0.3) is 0 Å². The highest BCUT2D eigenvalue weighted by atomic mass is 127. The van der Waals surface area contributed by atoms with Crippen molar-refractivity contribution in [2.45, 2.75) is 47.3 Å². The maximum atomic E-state index is 11.7. The first-order valence-electron chi connectivity index (χ1n) is 7.56. The fourth-order valence-corrected chi connectivity index (χ4v) is 4.05. The lowest BCUT2D eigenvalue weighted by molar-refractivity contribution is -0.333. The minimum absolute atomic E-state index is 0.115. The summed E-state index contributed by atoms with van der Waals surface area (Å²) in [6, 6.07) is 0. The van der Waals surface area contributed by atoms with E-state index < -0.39 is 49.6 Å². The Bertz CT molecular complexity index is 510. The molecule has 4 N–H and O–H groups in total. The summed E-state index contributed by atoms with van der Waals surface area (Å²) >= 11 is 2.09. The van der Waals surface area contributed by atoms with Crippen molar-refractivity contribution < 1.29 is 44.2 Å². The molecule has 24 heavy (non-hydrogen) atoms. The van der Waals surface area contributed by atoms with Crippen LogP contribution in [0.3, 0.4) is 0 Å². The summed E-state index contributed by atoms with van der Waals surface area (Å²) in [7, 11) is 0. The summed E-state index contributed by atoms with van der Waals surface area (Å²) in [5.41, 5.74) is 0.439. The Labute approximate surface area is 151 Å². The number of aliphatic hydroxyl groups is 4. The van der Waals surface area contributed by atoms with E-state index in [4.69, 9.17) is 18.9 Å². The number of carbonyl (C=O) groups is 1. The van der Waals surface area contributed by atoms with Crippen molar-refractivity contribution >= 4 is 28.6 Å². The molecule has 0 bridgehead atoms. The second-order valence-corrected chi connectivity index (χ2v) is 7.32. The van der Waals surface area contributed by atoms with Crippen LogP contribution in [0.5, 0.6) is 0 Å². The molecule has 9 nitrogen and oxygen atoms in total. The molecule has 0 aromatic rings. The van der Waals surface area contributed by atoms with E-state index in [9.17, 15) is 25.2 Å². The SMILES string of the molecule is O=C1OCC[C@@H]2C1=CO[C@@H](O[C@@H]1OC(CO)[C@@H](O)[C@@H](O)C1O)[C@@H]2I. The van der Waals surface area contributed by atoms with Crippen LogP contribution in [0.25, 0.3) is 0 Å². The van der Waals surface area contributed by atoms with Gasteiger partial charge in [-0.15, -0.1) is 0 Å². The molecule has 3 heterocycles. The number of alkyl halides is 1. The van der Waals surface area contributed by atoms with Crippen LogP contribution in [-0.4, -0.2) is 80.5 Å². The van der Waals surface area contributed by atoms with Crippen molar-refractivity contribution in [2.75, 3.05) is 13.2 Å². The average molecular weight is 458 g/mol. The fourth-order valence-electron chi connectivity index (χ4n) is 2.96. The number of rotatable bonds is 3. The van der Waals surface area contributed by atoms with Gasteiger partial charge >= 0.3 is 5.97 Å². The first-order chi connectivity index (χ1) is 11.4. The van der Waals surface area contributed by atoms with Gasteiger partial charge in [0.1, 0.15) is 24.4 Å². The molecule has 3 aliphatic rings. The number of fused-ring (bicyclic) bond motifs is 1. The van der Waals surface area contributed by atoms with Gasteiger partial charge in [-0.05, 0) is 6.42 Å². The molecule has 8 atom stereocenters. The highest BCUT2D eigenvalue weighted by Gasteiger charge is 2.48. The van der Waals surface area contributed by atoms with E-state index in [0.29, 0.717) is 18.6 Å². The largest absolute Gasteiger partial charge is 0.471 e. The van der Waals surface area contributed by atoms with Crippen LogP contribution >= 0.6 is 22.6 Å². The third-order valence-corrected chi connectivity index (χ3v) is 5.84. The Balaban J connectivity index is 1.70. The molecule has 0 radical (unpaired) electrons. The second-order valence-electron chi connectivity index (χ2n) is 5.89. The number of cyclic esters (lactones) is 1. The summed E-state index contributed by atoms with van der Waals surface area (Å²) in [4.78, 5) is 11.7. The zero-order valence-electron chi connectivity index (χ0n) is 12.5. The van der Waals surface area contributed by atoms with Gasteiger partial charge in [-0.2, -0.15) is 0 Å². The molecule has 136 valence electrons. The molecule has 0 spiro atoms. The van der Waals surface area contributed by atoms with Crippen LogP contribution in [-0.2, 0) is 23.7 Å². The van der Waals surface area contributed by atoms with Crippen LogP contribution < -0.4 is 0 Å². The number of aliphatic hydroxyl groups excluding tert-OH is 4. The summed E-state index contributed by atoms with van der Waals surface area (Å²) in [6.07, 6.45) is -5.73. The molecule has 10 heteroatoms. The molecular weight excluding hydrogens is 439 g/mol. The molecule has 3 rings (SSSR count). The molecule has 0 aromatic heterocycles. The quantitative estimate of drug-likeness (QED) is 0.224. The molecular formula is C14H19IO9. The van der Waals surface area contributed by atoms with E-state index in [1.54, 1.807) is 0 Å². The van der Waals surface area contributed by atoms with Crippen LogP contribution in [0.2, 0.25) is 0 Å². The molecule has 2 fully saturated rings. The highest BCUT2D eigenvalue weighted by Crippen LogP contribution is 2.38. The Kier molecular flexibility index (Phi) is 5.64. The third-order valence-electron chi connectivity index (χ3n) is 4.39. The monoisotopic (exact) mass is 458 g/mol. The van der Waals surface area contributed by atoms with Crippen molar-refractivity contribution in [2.24, 2.45) is 5.92 Å². The summed E-state index contributed by atoms with van der Waals surface area (Å²) in [6.45, 7) is -0.227. The first kappa shape index (κ1) is 18.3. The van der Waals surface area contributed by atoms with E-state index in [-0.39, 0.29) is 9.84 Å². The summed E-state index contributed by atoms with van der Waals surface area (Å²) in [5.74, 6) is -0.533. The van der Waals surface area contributed by atoms with Crippen LogP contribution in [0, 0.1) is 5.92 Å². The lowest BCUT2D eigenvalue weighted by Gasteiger charge is -2.43. The standard InChI is InChI=1S/C14H19IO9/c15-8-5-1-2-21-12(20)6(5)4-22-13(8)24-14-11(19)10(18)9(17)7(3-16)23-14/h4-5,7-11,13-14,16-19H,1-3H2/t5-,7?,8-,9-,10-,11?,13+,14+/m1/s1. The Morgan fingerprint density at radius 3 is 2.67 bits per heavy atom. The molecule has 2 saturated heterocycles. The van der Waals surface area contributed by atoms with Gasteiger partial charge in [-0.1, -0.05) is 22.6 Å². The third kappa shape index (κ3) is 3.28. The van der Waals surface area contributed by atoms with E-state index in [1.165, 1.54) is 6.26 Å². The van der Waals surface area contributed by atoms with Gasteiger partial charge in [0.15, 0.2) is 6.29 Å². The number of esters is 1. The molecule has 2 unspecified atom stereocenters. The maximum absolute atomic E-state index is 11.7. The average Bonchev–Trinajstić information content (AvgIpc) is 2.58. The molecule has 0 aromatic carbocycles. The van der Waals surface area contributed by atoms with Crippen LogP contribution in [0.1, 0.15) is 6.42 Å². The minimum Gasteiger partial charge on any atom is -0.471 e. The van der Waals surface area contributed by atoms with Crippen molar-refractivity contribution in [1.29, 1.82) is 0 Å². The van der Waals surface area contributed by atoms with E-state index in [0.717, 1.165) is 0 Å². The lowest BCUT2D eigenvalue weighted by atomic mass is 9.90. The van der Waals surface area contributed by atoms with Crippen molar-refractivity contribution in [3.63, 3.8) is 0 Å². The van der Waals surface area contributed by atoms with Crippen LogP contribution in [0.4, 0.5) is 0 Å². The van der Waals surface area contributed by atoms with Gasteiger partial charge < -0.3 is 39.4 Å². The number of halogens is 1. The normalized spacial score (nSPS) is 45.7. The number of hydrogen-bond donors (Lipinski definition) is 4. The van der Waals surface area contributed by atoms with Gasteiger partial charge in [-0.25, -0.2) is 4.79 Å². The van der Waals surface area contributed by atoms with Crippen molar-refractivity contribution in [3.8, 4) is 0 Å². The predicted octanol–water partition coefficient (Wildman–Crippen LogP) is -1.59. The predicted molar refractivity (Wildman–Crippen MR) is 84.7 cm³/mol. The molecule has 0 amide bonds. The van der Waals surface area contributed by atoms with Crippen molar-refractivity contribution in [1.82, 2.24) is 0 Å². The molecule has 3 aliphatic heterocycles. The van der Waals surface area contributed by atoms with Gasteiger partial charge in [0, 0.05) is 5.92 Å². The Morgan fingerprint density at radius 2 is 1.96 bits per heavy atom. The van der Waals surface area contributed by atoms with Crippen LogP contribution in [0.15, 0.2) is 11.8 Å². The van der Waals surface area contributed by atoms with E-state index >= 15 is 0 Å².